The molecule has 2 rings (SSSR count). The van der Waals surface area contributed by atoms with Crippen LogP contribution in [0.2, 0.25) is 5.02 Å². The molecule has 1 heterocycles. The Labute approximate surface area is 165 Å². The van der Waals surface area contributed by atoms with E-state index in [1.54, 1.807) is 6.07 Å². The maximum atomic E-state index is 12.5. The van der Waals surface area contributed by atoms with Crippen molar-refractivity contribution in [2.24, 2.45) is 5.92 Å². The smallest absolute Gasteiger partial charge is 0.340 e. The Morgan fingerprint density at radius 1 is 1.37 bits per heavy atom. The van der Waals surface area contributed by atoms with E-state index in [-0.39, 0.29) is 21.8 Å². The number of methoxy groups -OCH3 is 1. The molecule has 0 saturated heterocycles. The standard InChI is InChI=1S/C18H19ClN2O5S/c1-4-10(2)7-12-9-13(18(23)26-3)17(27-12)20-16(22)11-5-6-14(19)15(8-11)21(24)25/h5-6,8-10H,4,7H2,1-3H3,(H,20,22). The molecule has 1 aromatic carbocycles. The minimum absolute atomic E-state index is 0.0567. The minimum Gasteiger partial charge on any atom is -0.465 e. The van der Waals surface area contributed by atoms with Crippen LogP contribution in [0.3, 0.4) is 0 Å². The van der Waals surface area contributed by atoms with Crippen LogP contribution in [-0.2, 0) is 11.2 Å². The second-order valence-electron chi connectivity index (χ2n) is 6.04. The van der Waals surface area contributed by atoms with Crippen LogP contribution in [0.25, 0.3) is 0 Å². The Morgan fingerprint density at radius 2 is 2.07 bits per heavy atom. The molecule has 1 atom stereocenters. The average molecular weight is 411 g/mol. The van der Waals surface area contributed by atoms with Crippen molar-refractivity contribution in [1.29, 1.82) is 0 Å². The van der Waals surface area contributed by atoms with Gasteiger partial charge in [-0.1, -0.05) is 31.9 Å². The zero-order valence-corrected chi connectivity index (χ0v) is 16.6. The van der Waals surface area contributed by atoms with Gasteiger partial charge in [-0.25, -0.2) is 4.79 Å². The summed E-state index contributed by atoms with van der Waals surface area (Å²) in [5.41, 5.74) is -0.0300. The monoisotopic (exact) mass is 410 g/mol. The lowest BCUT2D eigenvalue weighted by molar-refractivity contribution is -0.384. The number of ether oxygens (including phenoxy) is 1. The second kappa shape index (κ2) is 8.96. The predicted octanol–water partition coefficient (Wildman–Crippen LogP) is 4.94. The number of benzene rings is 1. The number of amides is 1. The number of hydrogen-bond acceptors (Lipinski definition) is 6. The SMILES string of the molecule is CCC(C)Cc1cc(C(=O)OC)c(NC(=O)c2ccc(Cl)c([N+](=O)[O-])c2)s1. The lowest BCUT2D eigenvalue weighted by atomic mass is 10.0. The highest BCUT2D eigenvalue weighted by Crippen LogP contribution is 2.32. The molecule has 0 saturated carbocycles. The number of halogens is 1. The minimum atomic E-state index is -0.658. The van der Waals surface area contributed by atoms with Crippen molar-refractivity contribution in [1.82, 2.24) is 0 Å². The topological polar surface area (TPSA) is 98.5 Å². The van der Waals surface area contributed by atoms with E-state index in [1.165, 1.54) is 30.6 Å². The van der Waals surface area contributed by atoms with Crippen LogP contribution >= 0.6 is 22.9 Å². The van der Waals surface area contributed by atoms with Crippen LogP contribution in [0, 0.1) is 16.0 Å². The van der Waals surface area contributed by atoms with Crippen molar-refractivity contribution in [3.8, 4) is 0 Å². The summed E-state index contributed by atoms with van der Waals surface area (Å²) in [6, 6.07) is 5.49. The molecular weight excluding hydrogens is 392 g/mol. The number of carbonyl (C=O) groups is 2. The molecule has 0 aliphatic rings. The summed E-state index contributed by atoms with van der Waals surface area (Å²) in [6.07, 6.45) is 1.76. The summed E-state index contributed by atoms with van der Waals surface area (Å²) in [5.74, 6) is -0.701. The Balaban J connectivity index is 2.32. The fraction of sp³-hybridized carbons (Fsp3) is 0.333. The van der Waals surface area contributed by atoms with E-state index >= 15 is 0 Å². The van der Waals surface area contributed by atoms with Gasteiger partial charge in [0.1, 0.15) is 10.0 Å². The molecule has 0 fully saturated rings. The first-order chi connectivity index (χ1) is 12.8. The number of nitrogens with zero attached hydrogens (tertiary/aromatic N) is 1. The van der Waals surface area contributed by atoms with Crippen LogP contribution in [-0.4, -0.2) is 23.9 Å². The highest BCUT2D eigenvalue weighted by Gasteiger charge is 2.21. The third-order valence-electron chi connectivity index (χ3n) is 4.07. The van der Waals surface area contributed by atoms with E-state index in [1.807, 2.05) is 0 Å². The maximum Gasteiger partial charge on any atom is 0.340 e. The van der Waals surface area contributed by atoms with Gasteiger partial charge in [-0.15, -0.1) is 11.3 Å². The highest BCUT2D eigenvalue weighted by atomic mass is 35.5. The first-order valence-electron chi connectivity index (χ1n) is 8.23. The van der Waals surface area contributed by atoms with Gasteiger partial charge in [0.2, 0.25) is 0 Å². The number of nitro benzene ring substituents is 1. The fourth-order valence-electron chi connectivity index (χ4n) is 2.35. The summed E-state index contributed by atoms with van der Waals surface area (Å²) in [7, 11) is 1.27. The molecular formula is C18H19ClN2O5S. The molecule has 1 N–H and O–H groups in total. The van der Waals surface area contributed by atoms with Crippen LogP contribution < -0.4 is 5.32 Å². The van der Waals surface area contributed by atoms with Crippen molar-refractivity contribution in [2.75, 3.05) is 12.4 Å². The highest BCUT2D eigenvalue weighted by molar-refractivity contribution is 7.16. The van der Waals surface area contributed by atoms with E-state index < -0.39 is 16.8 Å². The van der Waals surface area contributed by atoms with Crippen molar-refractivity contribution < 1.29 is 19.2 Å². The number of thiophene rings is 1. The van der Waals surface area contributed by atoms with Crippen molar-refractivity contribution in [2.45, 2.75) is 26.7 Å². The normalized spacial score (nSPS) is 11.7. The quantitative estimate of drug-likeness (QED) is 0.396. The molecule has 1 unspecified atom stereocenters. The molecule has 0 bridgehead atoms. The number of hydrogen-bond donors (Lipinski definition) is 1. The van der Waals surface area contributed by atoms with E-state index in [0.29, 0.717) is 10.9 Å². The van der Waals surface area contributed by atoms with Gasteiger partial charge in [-0.2, -0.15) is 0 Å². The second-order valence-corrected chi connectivity index (χ2v) is 7.59. The lowest BCUT2D eigenvalue weighted by Gasteiger charge is -2.06. The van der Waals surface area contributed by atoms with Gasteiger partial charge in [0.15, 0.2) is 0 Å². The molecule has 144 valence electrons. The summed E-state index contributed by atoms with van der Waals surface area (Å²) in [6.45, 7) is 4.18. The van der Waals surface area contributed by atoms with Crippen LogP contribution in [0.15, 0.2) is 24.3 Å². The van der Waals surface area contributed by atoms with Crippen LogP contribution in [0.1, 0.15) is 45.9 Å². The van der Waals surface area contributed by atoms with Crippen molar-refractivity contribution in [3.63, 3.8) is 0 Å². The lowest BCUT2D eigenvalue weighted by Crippen LogP contribution is -2.14. The number of nitro groups is 1. The zero-order valence-electron chi connectivity index (χ0n) is 15.1. The molecule has 7 nitrogen and oxygen atoms in total. The number of rotatable bonds is 7. The first kappa shape index (κ1) is 20.9. The Kier molecular flexibility index (Phi) is 6.92. The van der Waals surface area contributed by atoms with Gasteiger partial charge in [-0.05, 0) is 30.5 Å². The van der Waals surface area contributed by atoms with Gasteiger partial charge in [0.05, 0.1) is 17.6 Å². The molecule has 1 amide bonds. The van der Waals surface area contributed by atoms with E-state index in [9.17, 15) is 19.7 Å². The van der Waals surface area contributed by atoms with E-state index in [4.69, 9.17) is 16.3 Å². The number of anilines is 1. The predicted molar refractivity (Wildman–Crippen MR) is 105 cm³/mol. The summed E-state index contributed by atoms with van der Waals surface area (Å²) in [5, 5.41) is 13.9. The number of esters is 1. The largest absolute Gasteiger partial charge is 0.465 e. The number of nitrogens with one attached hydrogen (secondary N) is 1. The van der Waals surface area contributed by atoms with E-state index in [0.717, 1.165) is 23.8 Å². The third kappa shape index (κ3) is 5.05. The van der Waals surface area contributed by atoms with Gasteiger partial charge in [-0.3, -0.25) is 14.9 Å². The molecule has 0 spiro atoms. The first-order valence-corrected chi connectivity index (χ1v) is 9.42. The maximum absolute atomic E-state index is 12.5. The Morgan fingerprint density at radius 3 is 2.67 bits per heavy atom. The zero-order chi connectivity index (χ0) is 20.1. The summed E-state index contributed by atoms with van der Waals surface area (Å²) < 4.78 is 4.78. The fourth-order valence-corrected chi connectivity index (χ4v) is 3.74. The Hall–Kier alpha value is -2.45. The van der Waals surface area contributed by atoms with Gasteiger partial charge >= 0.3 is 5.97 Å². The molecule has 1 aromatic heterocycles. The van der Waals surface area contributed by atoms with Crippen molar-refractivity contribution >= 4 is 45.5 Å². The van der Waals surface area contributed by atoms with Crippen molar-refractivity contribution in [3.05, 3.63) is 55.4 Å². The van der Waals surface area contributed by atoms with E-state index in [2.05, 4.69) is 19.2 Å². The molecule has 27 heavy (non-hydrogen) atoms. The van der Waals surface area contributed by atoms with Gasteiger partial charge < -0.3 is 10.1 Å². The summed E-state index contributed by atoms with van der Waals surface area (Å²) in [4.78, 5) is 35.9. The molecule has 0 radical (unpaired) electrons. The molecule has 0 aliphatic carbocycles. The van der Waals surface area contributed by atoms with Gasteiger partial charge in [0.25, 0.3) is 11.6 Å². The summed E-state index contributed by atoms with van der Waals surface area (Å²) >= 11 is 7.07. The molecule has 2 aromatic rings. The molecule has 0 aliphatic heterocycles. The van der Waals surface area contributed by atoms with Crippen LogP contribution in [0.4, 0.5) is 10.7 Å². The average Bonchev–Trinajstić information content (AvgIpc) is 3.02. The Bertz CT molecular complexity index is 881. The van der Waals surface area contributed by atoms with Gasteiger partial charge in [0, 0.05) is 16.5 Å². The number of carbonyl (C=O) groups excluding carboxylic acids is 2. The third-order valence-corrected chi connectivity index (χ3v) is 5.46. The van der Waals surface area contributed by atoms with Crippen LogP contribution in [0.5, 0.6) is 0 Å². The molecule has 9 heteroatoms.